The van der Waals surface area contributed by atoms with Crippen molar-refractivity contribution < 1.29 is 19.5 Å². The van der Waals surface area contributed by atoms with Crippen molar-refractivity contribution >= 4 is 11.7 Å². The summed E-state index contributed by atoms with van der Waals surface area (Å²) in [6, 6.07) is -0.0700. The summed E-state index contributed by atoms with van der Waals surface area (Å²) in [4.78, 5) is 11.6. The van der Waals surface area contributed by atoms with E-state index in [2.05, 4.69) is 10.5 Å². The number of ether oxygens (including phenoxy) is 2. The topological polar surface area (TPSA) is 106 Å². The number of oxime groups is 1. The lowest BCUT2D eigenvalue weighted by Crippen LogP contribution is -2.43. The Kier molecular flexibility index (Phi) is 6.45. The molecule has 18 heavy (non-hydrogen) atoms. The van der Waals surface area contributed by atoms with Gasteiger partial charge in [0, 0.05) is 19.1 Å². The van der Waals surface area contributed by atoms with Crippen LogP contribution in [0.25, 0.3) is 0 Å². The Hall–Kier alpha value is -1.34. The van der Waals surface area contributed by atoms with Crippen molar-refractivity contribution in [2.24, 2.45) is 16.8 Å². The van der Waals surface area contributed by atoms with E-state index >= 15 is 0 Å². The van der Waals surface area contributed by atoms with Gasteiger partial charge in [-0.2, -0.15) is 0 Å². The van der Waals surface area contributed by atoms with Gasteiger partial charge in [-0.3, -0.25) is 4.79 Å². The van der Waals surface area contributed by atoms with Gasteiger partial charge in [0.1, 0.15) is 12.4 Å². The van der Waals surface area contributed by atoms with E-state index in [1.54, 1.807) is 7.11 Å². The van der Waals surface area contributed by atoms with Crippen LogP contribution in [-0.2, 0) is 14.3 Å². The molecule has 1 rings (SSSR count). The molecule has 0 heterocycles. The van der Waals surface area contributed by atoms with Crippen LogP contribution in [0.2, 0.25) is 0 Å². The van der Waals surface area contributed by atoms with Gasteiger partial charge < -0.3 is 25.7 Å². The molecule has 2 atom stereocenters. The van der Waals surface area contributed by atoms with Crippen LogP contribution in [0, 0.1) is 5.92 Å². The van der Waals surface area contributed by atoms with Crippen molar-refractivity contribution in [1.82, 2.24) is 5.32 Å². The predicted molar refractivity (Wildman–Crippen MR) is 65.4 cm³/mol. The molecule has 7 heteroatoms. The van der Waals surface area contributed by atoms with Gasteiger partial charge in [0.25, 0.3) is 0 Å². The van der Waals surface area contributed by atoms with Crippen molar-refractivity contribution in [3.05, 3.63) is 0 Å². The first-order valence-electron chi connectivity index (χ1n) is 6.02. The maximum atomic E-state index is 11.6. The fourth-order valence-electron chi connectivity index (χ4n) is 2.12. The zero-order valence-electron chi connectivity index (χ0n) is 10.6. The molecular weight excluding hydrogens is 238 g/mol. The smallest absolute Gasteiger partial charge is 0.246 e. The summed E-state index contributed by atoms with van der Waals surface area (Å²) < 4.78 is 9.92. The van der Waals surface area contributed by atoms with Crippen LogP contribution >= 0.6 is 0 Å². The second kappa shape index (κ2) is 7.88. The average molecular weight is 259 g/mol. The van der Waals surface area contributed by atoms with Crippen LogP contribution in [0.3, 0.4) is 0 Å². The third kappa shape index (κ3) is 4.50. The van der Waals surface area contributed by atoms with E-state index in [4.69, 9.17) is 20.4 Å². The fraction of sp³-hybridized carbons (Fsp3) is 0.818. The quantitative estimate of drug-likeness (QED) is 0.191. The fourth-order valence-corrected chi connectivity index (χ4v) is 2.12. The minimum absolute atomic E-state index is 0.00273. The van der Waals surface area contributed by atoms with Gasteiger partial charge in [-0.15, -0.1) is 0 Å². The monoisotopic (exact) mass is 259 g/mol. The molecule has 1 saturated carbocycles. The minimum atomic E-state index is -0.186. The Morgan fingerprint density at radius 3 is 2.94 bits per heavy atom. The molecule has 0 aromatic rings. The summed E-state index contributed by atoms with van der Waals surface area (Å²) >= 11 is 0. The van der Waals surface area contributed by atoms with Gasteiger partial charge in [0.05, 0.1) is 13.2 Å². The molecule has 0 spiro atoms. The van der Waals surface area contributed by atoms with Crippen LogP contribution in [-0.4, -0.2) is 49.9 Å². The molecule has 0 saturated heterocycles. The molecule has 0 aromatic heterocycles. The Balaban J connectivity index is 2.30. The lowest BCUT2D eigenvalue weighted by atomic mass is 10.0. The molecule has 1 aliphatic rings. The number of carbonyl (C=O) groups is 1. The summed E-state index contributed by atoms with van der Waals surface area (Å²) in [5.41, 5.74) is 5.58. The molecule has 4 N–H and O–H groups in total. The van der Waals surface area contributed by atoms with Crippen molar-refractivity contribution in [2.45, 2.75) is 25.3 Å². The average Bonchev–Trinajstić information content (AvgIpc) is 2.82. The van der Waals surface area contributed by atoms with Gasteiger partial charge in [0.15, 0.2) is 0 Å². The normalized spacial score (nSPS) is 24.2. The van der Waals surface area contributed by atoms with Crippen LogP contribution in [0.1, 0.15) is 19.3 Å². The van der Waals surface area contributed by atoms with Crippen molar-refractivity contribution in [3.8, 4) is 0 Å². The maximum absolute atomic E-state index is 11.6. The second-order valence-corrected chi connectivity index (χ2v) is 4.28. The number of amides is 1. The molecule has 0 aliphatic heterocycles. The molecular formula is C11H21N3O4. The van der Waals surface area contributed by atoms with Gasteiger partial charge in [-0.05, 0) is 12.8 Å². The molecule has 1 aliphatic carbocycles. The summed E-state index contributed by atoms with van der Waals surface area (Å²) in [5.74, 6) is -0.0928. The van der Waals surface area contributed by atoms with Crippen LogP contribution in [0.15, 0.2) is 5.16 Å². The number of hydrogen-bond acceptors (Lipinski definition) is 5. The molecule has 0 bridgehead atoms. The SMILES string of the molecule is COCCOCC(=O)NC1CCCC1C(N)=NO. The Morgan fingerprint density at radius 1 is 1.50 bits per heavy atom. The highest BCUT2D eigenvalue weighted by atomic mass is 16.5. The highest BCUT2D eigenvalue weighted by Crippen LogP contribution is 2.25. The number of carbonyl (C=O) groups excluding carboxylic acids is 1. The number of rotatable bonds is 7. The molecule has 1 fully saturated rings. The molecule has 104 valence electrons. The summed E-state index contributed by atoms with van der Waals surface area (Å²) in [6.45, 7) is 0.852. The van der Waals surface area contributed by atoms with Crippen molar-refractivity contribution in [2.75, 3.05) is 26.9 Å². The van der Waals surface area contributed by atoms with Crippen molar-refractivity contribution in [1.29, 1.82) is 0 Å². The Morgan fingerprint density at radius 2 is 2.28 bits per heavy atom. The lowest BCUT2D eigenvalue weighted by molar-refractivity contribution is -0.126. The first-order valence-corrected chi connectivity index (χ1v) is 6.02. The minimum Gasteiger partial charge on any atom is -0.409 e. The van der Waals surface area contributed by atoms with Crippen LogP contribution < -0.4 is 11.1 Å². The third-order valence-corrected chi connectivity index (χ3v) is 3.02. The summed E-state index contributed by atoms with van der Waals surface area (Å²) in [5, 5.41) is 14.5. The highest BCUT2D eigenvalue weighted by Gasteiger charge is 2.31. The number of nitrogens with two attached hydrogens (primary N) is 1. The predicted octanol–water partition coefficient (Wildman–Crippen LogP) is -0.319. The van der Waals surface area contributed by atoms with E-state index in [0.29, 0.717) is 13.2 Å². The lowest BCUT2D eigenvalue weighted by Gasteiger charge is -2.19. The first-order chi connectivity index (χ1) is 8.69. The van der Waals surface area contributed by atoms with Crippen molar-refractivity contribution in [3.63, 3.8) is 0 Å². The van der Waals surface area contributed by atoms with Gasteiger partial charge in [0.2, 0.25) is 5.91 Å². The van der Waals surface area contributed by atoms with Gasteiger partial charge in [-0.1, -0.05) is 11.6 Å². The standard InChI is InChI=1S/C11H21N3O4/c1-17-5-6-18-7-10(15)13-9-4-2-3-8(9)11(12)14-16/h8-9,16H,2-7H2,1H3,(H2,12,14)(H,13,15). The summed E-state index contributed by atoms with van der Waals surface area (Å²) in [7, 11) is 1.57. The molecule has 2 unspecified atom stereocenters. The third-order valence-electron chi connectivity index (χ3n) is 3.02. The van der Waals surface area contributed by atoms with E-state index in [-0.39, 0.29) is 30.3 Å². The maximum Gasteiger partial charge on any atom is 0.246 e. The highest BCUT2D eigenvalue weighted by molar-refractivity contribution is 5.84. The Labute approximate surface area is 106 Å². The zero-order valence-corrected chi connectivity index (χ0v) is 10.6. The first kappa shape index (κ1) is 14.7. The van der Waals surface area contributed by atoms with E-state index < -0.39 is 0 Å². The molecule has 7 nitrogen and oxygen atoms in total. The second-order valence-electron chi connectivity index (χ2n) is 4.28. The van der Waals surface area contributed by atoms with Gasteiger partial charge >= 0.3 is 0 Å². The number of methoxy groups -OCH3 is 1. The molecule has 1 amide bonds. The van der Waals surface area contributed by atoms with E-state index in [0.717, 1.165) is 19.3 Å². The number of nitrogens with zero attached hydrogens (tertiary/aromatic N) is 1. The van der Waals surface area contributed by atoms with Crippen LogP contribution in [0.5, 0.6) is 0 Å². The number of amidine groups is 1. The number of hydrogen-bond donors (Lipinski definition) is 3. The molecule has 0 aromatic carbocycles. The molecule has 0 radical (unpaired) electrons. The number of nitrogens with one attached hydrogen (secondary N) is 1. The summed E-state index contributed by atoms with van der Waals surface area (Å²) in [6.07, 6.45) is 2.62. The largest absolute Gasteiger partial charge is 0.409 e. The van der Waals surface area contributed by atoms with E-state index in [1.165, 1.54) is 0 Å². The van der Waals surface area contributed by atoms with Crippen LogP contribution in [0.4, 0.5) is 0 Å². The van der Waals surface area contributed by atoms with E-state index in [1.807, 2.05) is 0 Å². The van der Waals surface area contributed by atoms with Gasteiger partial charge in [-0.25, -0.2) is 0 Å². The zero-order chi connectivity index (χ0) is 13.4. The van der Waals surface area contributed by atoms with E-state index in [9.17, 15) is 4.79 Å². The Bertz CT molecular complexity index is 296.